The third-order valence-corrected chi connectivity index (χ3v) is 6.36. The average Bonchev–Trinajstić information content (AvgIpc) is 3.48. The van der Waals surface area contributed by atoms with Crippen LogP contribution in [0.5, 0.6) is 5.75 Å². The summed E-state index contributed by atoms with van der Waals surface area (Å²) in [6.07, 6.45) is 4.48. The summed E-state index contributed by atoms with van der Waals surface area (Å²) in [6, 6.07) is 12.8. The van der Waals surface area contributed by atoms with E-state index >= 15 is 0 Å². The number of imidazole rings is 1. The molecule has 3 unspecified atom stereocenters. The Balaban J connectivity index is 1.41. The number of hydrogen-bond acceptors (Lipinski definition) is 4. The maximum atomic E-state index is 14.7. The van der Waals surface area contributed by atoms with Gasteiger partial charge in [0, 0.05) is 18.8 Å². The summed E-state index contributed by atoms with van der Waals surface area (Å²) in [5.74, 6) is 7.23. The lowest BCUT2D eigenvalue weighted by atomic mass is 10.0. The molecule has 1 aliphatic heterocycles. The highest BCUT2D eigenvalue weighted by molar-refractivity contribution is 14.2. The van der Waals surface area contributed by atoms with Crippen molar-refractivity contribution in [1.29, 1.82) is 0 Å². The molecule has 0 aliphatic carbocycles. The van der Waals surface area contributed by atoms with E-state index in [0.29, 0.717) is 25.2 Å². The highest BCUT2D eigenvalue weighted by atomic mass is 127. The number of rotatable bonds is 7. The molecule has 0 amide bonds. The second-order valence-corrected chi connectivity index (χ2v) is 9.09. The molecule has 8 heteroatoms. The maximum absolute atomic E-state index is 14.7. The Morgan fingerprint density at radius 3 is 2.81 bits per heavy atom. The first kappa shape index (κ1) is 23.2. The number of benzene rings is 2. The van der Waals surface area contributed by atoms with Crippen molar-refractivity contribution in [2.75, 3.05) is 13.2 Å². The summed E-state index contributed by atoms with van der Waals surface area (Å²) in [7, 11) is 0. The van der Waals surface area contributed by atoms with E-state index in [0.717, 1.165) is 35.7 Å². The SMILES string of the molecule is CC(OPI)c1nccn1CC#Cc1ccc(-c2ccc(OC3CCOC3)cc2)cc1F. The topological polar surface area (TPSA) is 45.5 Å². The van der Waals surface area contributed by atoms with Crippen LogP contribution in [0.1, 0.15) is 30.8 Å². The molecule has 1 fully saturated rings. The molecular weight excluding hydrogens is 541 g/mol. The smallest absolute Gasteiger partial charge is 0.139 e. The summed E-state index contributed by atoms with van der Waals surface area (Å²) < 4.78 is 33.4. The van der Waals surface area contributed by atoms with Gasteiger partial charge in [0.15, 0.2) is 0 Å². The zero-order chi connectivity index (χ0) is 22.3. The van der Waals surface area contributed by atoms with Crippen molar-refractivity contribution < 1.29 is 18.4 Å². The summed E-state index contributed by atoms with van der Waals surface area (Å²) in [6.45, 7) is 4.10. The Morgan fingerprint density at radius 1 is 1.28 bits per heavy atom. The van der Waals surface area contributed by atoms with E-state index < -0.39 is 0 Å². The standard InChI is InChI=1S/C24H23FIN2O3P/c1-17(31-32-26)24-27-11-13-28(24)12-2-3-19-4-5-20(15-23(19)25)18-6-8-21(9-7-18)30-22-10-14-29-16-22/h4-9,11,13,15,17,22,32H,10,12,14,16H2,1H3. The first-order chi connectivity index (χ1) is 15.6. The quantitative estimate of drug-likeness (QED) is 0.203. The van der Waals surface area contributed by atoms with Gasteiger partial charge in [-0.15, -0.1) is 0 Å². The van der Waals surface area contributed by atoms with Gasteiger partial charge in [-0.3, -0.25) is 0 Å². The fraction of sp³-hybridized carbons (Fsp3) is 0.292. The van der Waals surface area contributed by atoms with E-state index in [1.807, 2.05) is 48.0 Å². The van der Waals surface area contributed by atoms with Crippen molar-refractivity contribution in [2.24, 2.45) is 0 Å². The van der Waals surface area contributed by atoms with Gasteiger partial charge in [0.1, 0.15) is 29.6 Å². The van der Waals surface area contributed by atoms with Gasteiger partial charge in [0.25, 0.3) is 0 Å². The number of aromatic nitrogens is 2. The van der Waals surface area contributed by atoms with Crippen LogP contribution >= 0.6 is 28.5 Å². The minimum absolute atomic E-state index is 0.108. The minimum Gasteiger partial charge on any atom is -0.488 e. The Morgan fingerprint density at radius 2 is 2.09 bits per heavy atom. The predicted octanol–water partition coefficient (Wildman–Crippen LogP) is 5.93. The summed E-state index contributed by atoms with van der Waals surface area (Å²) in [5, 5.41) is 0. The largest absolute Gasteiger partial charge is 0.488 e. The van der Waals surface area contributed by atoms with Crippen LogP contribution in [-0.2, 0) is 15.8 Å². The fourth-order valence-corrected chi connectivity index (χ4v) is 4.86. The molecule has 2 heterocycles. The second-order valence-electron chi connectivity index (χ2n) is 7.37. The van der Waals surface area contributed by atoms with Crippen LogP contribution in [0.4, 0.5) is 4.39 Å². The van der Waals surface area contributed by atoms with Crippen LogP contribution < -0.4 is 4.74 Å². The van der Waals surface area contributed by atoms with E-state index in [2.05, 4.69) is 38.9 Å². The number of ether oxygens (including phenoxy) is 2. The van der Waals surface area contributed by atoms with Crippen molar-refractivity contribution in [3.05, 3.63) is 72.1 Å². The lowest BCUT2D eigenvalue weighted by Crippen LogP contribution is -2.15. The Labute approximate surface area is 202 Å². The van der Waals surface area contributed by atoms with Crippen molar-refractivity contribution in [3.8, 4) is 28.7 Å². The van der Waals surface area contributed by atoms with Crippen molar-refractivity contribution in [1.82, 2.24) is 9.55 Å². The molecule has 2 aromatic carbocycles. The molecule has 0 radical (unpaired) electrons. The molecule has 3 aromatic rings. The molecule has 0 bridgehead atoms. The molecule has 0 saturated carbocycles. The Hall–Kier alpha value is -1.98. The van der Waals surface area contributed by atoms with Crippen LogP contribution in [0.25, 0.3) is 11.1 Å². The van der Waals surface area contributed by atoms with Gasteiger partial charge >= 0.3 is 0 Å². The average molecular weight is 564 g/mol. The molecule has 1 saturated heterocycles. The molecular formula is C24H23FIN2O3P. The number of hydrogen-bond donors (Lipinski definition) is 0. The molecule has 4 rings (SSSR count). The molecule has 32 heavy (non-hydrogen) atoms. The van der Waals surface area contributed by atoms with Crippen LogP contribution in [0.15, 0.2) is 54.9 Å². The first-order valence-electron chi connectivity index (χ1n) is 10.3. The van der Waals surface area contributed by atoms with Gasteiger partial charge < -0.3 is 18.6 Å². The van der Waals surface area contributed by atoms with Crippen molar-refractivity contribution >= 4 is 28.5 Å². The van der Waals surface area contributed by atoms with Crippen molar-refractivity contribution in [2.45, 2.75) is 32.1 Å². The van der Waals surface area contributed by atoms with Gasteiger partial charge in [-0.05, 0) is 64.4 Å². The third kappa shape index (κ3) is 5.87. The number of nitrogens with zero attached hydrogens (tertiary/aromatic N) is 2. The van der Waals surface area contributed by atoms with Gasteiger partial charge in [-0.2, -0.15) is 0 Å². The van der Waals surface area contributed by atoms with E-state index in [1.165, 1.54) is 6.07 Å². The van der Waals surface area contributed by atoms with Gasteiger partial charge in [0.05, 0.1) is 31.8 Å². The van der Waals surface area contributed by atoms with E-state index in [1.54, 1.807) is 12.3 Å². The molecule has 5 nitrogen and oxygen atoms in total. The Kier molecular flexibility index (Phi) is 8.15. The monoisotopic (exact) mass is 564 g/mol. The second kappa shape index (κ2) is 11.2. The van der Waals surface area contributed by atoms with Crippen LogP contribution in [0.2, 0.25) is 0 Å². The first-order valence-corrected chi connectivity index (χ1v) is 14.3. The highest BCUT2D eigenvalue weighted by Crippen LogP contribution is 2.31. The fourth-order valence-electron chi connectivity index (χ4n) is 3.47. The zero-order valence-corrected chi connectivity index (χ0v) is 20.7. The van der Waals surface area contributed by atoms with Gasteiger partial charge in [-0.1, -0.05) is 30.0 Å². The third-order valence-electron chi connectivity index (χ3n) is 5.15. The normalized spacial score (nSPS) is 16.8. The number of halogens is 2. The summed E-state index contributed by atoms with van der Waals surface area (Å²) in [5.41, 5.74) is 2.09. The van der Waals surface area contributed by atoms with Crippen molar-refractivity contribution in [3.63, 3.8) is 0 Å². The van der Waals surface area contributed by atoms with E-state index in [4.69, 9.17) is 14.0 Å². The van der Waals surface area contributed by atoms with E-state index in [9.17, 15) is 4.39 Å². The zero-order valence-electron chi connectivity index (χ0n) is 17.6. The molecule has 0 spiro atoms. The predicted molar refractivity (Wildman–Crippen MR) is 133 cm³/mol. The summed E-state index contributed by atoms with van der Waals surface area (Å²) in [4.78, 5) is 4.34. The molecule has 1 aliphatic rings. The minimum atomic E-state index is -0.341. The van der Waals surface area contributed by atoms with E-state index in [-0.39, 0.29) is 18.0 Å². The summed E-state index contributed by atoms with van der Waals surface area (Å²) >= 11 is 2.19. The molecule has 3 atom stereocenters. The van der Waals surface area contributed by atoms with Crippen LogP contribution in [-0.4, -0.2) is 28.9 Å². The van der Waals surface area contributed by atoms with Crippen LogP contribution in [0.3, 0.4) is 0 Å². The lowest BCUT2D eigenvalue weighted by Gasteiger charge is -2.12. The van der Waals surface area contributed by atoms with Gasteiger partial charge in [0.2, 0.25) is 0 Å². The van der Waals surface area contributed by atoms with Gasteiger partial charge in [-0.25, -0.2) is 9.37 Å². The lowest BCUT2D eigenvalue weighted by molar-refractivity contribution is 0.141. The highest BCUT2D eigenvalue weighted by Gasteiger charge is 2.17. The van der Waals surface area contributed by atoms with Crippen LogP contribution in [0, 0.1) is 17.7 Å². The molecule has 0 N–H and O–H groups in total. The maximum Gasteiger partial charge on any atom is 0.139 e. The molecule has 166 valence electrons. The Bertz CT molecular complexity index is 1100. The molecule has 1 aromatic heterocycles.